The maximum atomic E-state index is 12.5. The van der Waals surface area contributed by atoms with Gasteiger partial charge in [-0.25, -0.2) is 0 Å². The third kappa shape index (κ3) is 8.51. The molecule has 3 N–H and O–H groups in total. The molecule has 0 spiro atoms. The Kier molecular flexibility index (Phi) is 8.63. The van der Waals surface area contributed by atoms with E-state index in [1.807, 2.05) is 48.5 Å². The van der Waals surface area contributed by atoms with Crippen LogP contribution in [0.5, 0.6) is 0 Å². The van der Waals surface area contributed by atoms with Crippen LogP contribution in [0, 0.1) is 0 Å². The van der Waals surface area contributed by atoms with Gasteiger partial charge < -0.3 is 15.7 Å². The quantitative estimate of drug-likeness (QED) is 0.150. The number of rotatable bonds is 9. The third-order valence-electron chi connectivity index (χ3n) is 4.39. The number of ketones is 1. The van der Waals surface area contributed by atoms with Gasteiger partial charge in [0, 0.05) is 34.2 Å². The summed E-state index contributed by atoms with van der Waals surface area (Å²) < 4.78 is 0. The number of hydrogen-bond donors (Lipinski definition) is 3. The zero-order valence-electron chi connectivity index (χ0n) is 17.7. The lowest BCUT2D eigenvalue weighted by molar-refractivity contribution is -0.122. The van der Waals surface area contributed by atoms with Gasteiger partial charge in [0.1, 0.15) is 5.76 Å². The Morgan fingerprint density at radius 3 is 1.97 bits per heavy atom. The summed E-state index contributed by atoms with van der Waals surface area (Å²) in [5, 5.41) is 16.8. The Morgan fingerprint density at radius 1 is 0.788 bits per heavy atom. The minimum Gasteiger partial charge on any atom is -0.508 e. The van der Waals surface area contributed by atoms with Crippen LogP contribution in [0.4, 0.5) is 11.4 Å². The number of allylic oxidation sites excluding steroid dienone is 3. The lowest BCUT2D eigenvalue weighted by Gasteiger charge is -2.08. The highest BCUT2D eigenvalue weighted by atomic mass is 35.5. The Balaban J connectivity index is 1.74. The fourth-order valence-electron chi connectivity index (χ4n) is 2.87. The first-order valence-corrected chi connectivity index (χ1v) is 10.6. The van der Waals surface area contributed by atoms with Crippen molar-refractivity contribution >= 4 is 40.7 Å². The van der Waals surface area contributed by atoms with Crippen LogP contribution in [0.2, 0.25) is 5.02 Å². The normalized spacial score (nSPS) is 11.9. The summed E-state index contributed by atoms with van der Waals surface area (Å²) in [5.74, 6) is -0.897. The molecule has 0 saturated heterocycles. The monoisotopic (exact) mass is 458 g/mol. The fraction of sp³-hybridized carbons (Fsp3) is 0.0370. The van der Waals surface area contributed by atoms with Gasteiger partial charge in [0.2, 0.25) is 5.91 Å². The molecule has 0 aromatic heterocycles. The number of carbonyl (C=O) groups is 2. The minimum atomic E-state index is -0.419. The van der Waals surface area contributed by atoms with Crippen molar-refractivity contribution in [2.45, 2.75) is 6.42 Å². The van der Waals surface area contributed by atoms with Crippen LogP contribution in [0.1, 0.15) is 12.0 Å². The third-order valence-corrected chi connectivity index (χ3v) is 4.64. The topological polar surface area (TPSA) is 78.4 Å². The first-order valence-electron chi connectivity index (χ1n) is 10.2. The van der Waals surface area contributed by atoms with E-state index in [0.717, 1.165) is 11.3 Å². The highest BCUT2D eigenvalue weighted by Gasteiger charge is 2.09. The maximum absolute atomic E-state index is 12.5. The van der Waals surface area contributed by atoms with Crippen molar-refractivity contribution in [3.8, 4) is 0 Å². The lowest BCUT2D eigenvalue weighted by atomic mass is 10.1. The molecule has 0 atom stereocenters. The molecule has 3 aromatic rings. The Labute approximate surface area is 197 Å². The van der Waals surface area contributed by atoms with Crippen LogP contribution in [0.3, 0.4) is 0 Å². The number of benzene rings is 3. The van der Waals surface area contributed by atoms with E-state index in [0.29, 0.717) is 16.4 Å². The molecule has 166 valence electrons. The number of aliphatic hydroxyl groups is 1. The molecule has 0 bridgehead atoms. The molecule has 1 amide bonds. The van der Waals surface area contributed by atoms with E-state index in [2.05, 4.69) is 10.6 Å². The van der Waals surface area contributed by atoms with Crippen LogP contribution < -0.4 is 10.6 Å². The summed E-state index contributed by atoms with van der Waals surface area (Å²) in [5.41, 5.74) is 2.55. The molecule has 0 radical (unpaired) electrons. The van der Waals surface area contributed by atoms with Crippen molar-refractivity contribution in [2.24, 2.45) is 0 Å². The number of halogens is 1. The van der Waals surface area contributed by atoms with Crippen molar-refractivity contribution in [1.82, 2.24) is 0 Å². The van der Waals surface area contributed by atoms with Gasteiger partial charge in [0.05, 0.1) is 6.42 Å². The lowest BCUT2D eigenvalue weighted by Crippen LogP contribution is -2.16. The standard InChI is InChI=1S/C27H23ClN2O3/c28-21-14-11-20(12-15-21)13-16-25(31)17-24(29-22-7-3-1-4-8-22)18-26(32)19-27(33)30-23-9-5-2-6-10-23/h1-18,29,31H,19H2,(H,30,33)/b16-13+,24-18-,25-17-. The second-order valence-corrected chi connectivity index (χ2v) is 7.54. The molecule has 3 rings (SSSR count). The fourth-order valence-corrected chi connectivity index (χ4v) is 3.00. The summed E-state index contributed by atoms with van der Waals surface area (Å²) in [4.78, 5) is 24.7. The first kappa shape index (κ1) is 23.6. The van der Waals surface area contributed by atoms with Gasteiger partial charge in [-0.3, -0.25) is 9.59 Å². The molecule has 33 heavy (non-hydrogen) atoms. The van der Waals surface area contributed by atoms with E-state index >= 15 is 0 Å². The van der Waals surface area contributed by atoms with E-state index < -0.39 is 11.7 Å². The van der Waals surface area contributed by atoms with Crippen LogP contribution in [-0.4, -0.2) is 16.8 Å². The van der Waals surface area contributed by atoms with Gasteiger partial charge in [-0.2, -0.15) is 0 Å². The number of carbonyl (C=O) groups excluding carboxylic acids is 2. The Bertz CT molecular complexity index is 1170. The van der Waals surface area contributed by atoms with Gasteiger partial charge in [0.15, 0.2) is 5.78 Å². The number of aliphatic hydroxyl groups excluding tert-OH is 1. The first-order chi connectivity index (χ1) is 16.0. The predicted octanol–water partition coefficient (Wildman–Crippen LogP) is 6.39. The number of nitrogens with one attached hydrogen (secondary N) is 2. The van der Waals surface area contributed by atoms with E-state index in [1.54, 1.807) is 42.5 Å². The Morgan fingerprint density at radius 2 is 1.36 bits per heavy atom. The number of hydrogen-bond acceptors (Lipinski definition) is 4. The van der Waals surface area contributed by atoms with Crippen LogP contribution in [0.25, 0.3) is 6.08 Å². The molecule has 0 fully saturated rings. The summed E-state index contributed by atoms with van der Waals surface area (Å²) >= 11 is 5.89. The highest BCUT2D eigenvalue weighted by Crippen LogP contribution is 2.14. The van der Waals surface area contributed by atoms with Gasteiger partial charge in [-0.05, 0) is 48.0 Å². The molecular formula is C27H23ClN2O3. The molecule has 6 heteroatoms. The van der Waals surface area contributed by atoms with Crippen LogP contribution in [0.15, 0.2) is 115 Å². The van der Waals surface area contributed by atoms with Crippen LogP contribution >= 0.6 is 11.6 Å². The summed E-state index contributed by atoms with van der Waals surface area (Å²) in [6.45, 7) is 0. The number of para-hydroxylation sites is 2. The molecule has 0 aliphatic heterocycles. The Hall–Kier alpha value is -4.09. The summed E-state index contributed by atoms with van der Waals surface area (Å²) in [6.07, 6.45) is 5.62. The van der Waals surface area contributed by atoms with Gasteiger partial charge in [-0.1, -0.05) is 66.2 Å². The molecule has 0 aliphatic rings. The molecule has 3 aromatic carbocycles. The zero-order chi connectivity index (χ0) is 23.5. The zero-order valence-corrected chi connectivity index (χ0v) is 18.5. The SMILES string of the molecule is O=C(/C=C(/C=C(O)/C=C/c1ccc(Cl)cc1)Nc1ccccc1)CC(=O)Nc1ccccc1. The average molecular weight is 459 g/mol. The van der Waals surface area contributed by atoms with Gasteiger partial charge >= 0.3 is 0 Å². The predicted molar refractivity (Wildman–Crippen MR) is 134 cm³/mol. The highest BCUT2D eigenvalue weighted by molar-refractivity contribution is 6.30. The molecule has 0 aliphatic carbocycles. The molecular weight excluding hydrogens is 436 g/mol. The summed E-state index contributed by atoms with van der Waals surface area (Å²) in [6, 6.07) is 25.3. The van der Waals surface area contributed by atoms with Crippen molar-refractivity contribution in [1.29, 1.82) is 0 Å². The molecule has 0 unspecified atom stereocenters. The summed E-state index contributed by atoms with van der Waals surface area (Å²) in [7, 11) is 0. The molecule has 0 saturated carbocycles. The van der Waals surface area contributed by atoms with Crippen molar-refractivity contribution in [3.05, 3.63) is 125 Å². The molecule has 5 nitrogen and oxygen atoms in total. The second kappa shape index (κ2) is 12.1. The average Bonchev–Trinajstić information content (AvgIpc) is 2.80. The smallest absolute Gasteiger partial charge is 0.232 e. The van der Waals surface area contributed by atoms with Crippen molar-refractivity contribution < 1.29 is 14.7 Å². The molecule has 0 heterocycles. The van der Waals surface area contributed by atoms with Crippen molar-refractivity contribution in [2.75, 3.05) is 10.6 Å². The maximum Gasteiger partial charge on any atom is 0.232 e. The number of anilines is 2. The van der Waals surface area contributed by atoms with Crippen molar-refractivity contribution in [3.63, 3.8) is 0 Å². The van der Waals surface area contributed by atoms with E-state index in [4.69, 9.17) is 11.6 Å². The van der Waals surface area contributed by atoms with Gasteiger partial charge in [-0.15, -0.1) is 0 Å². The minimum absolute atomic E-state index is 0.0684. The van der Waals surface area contributed by atoms with E-state index in [-0.39, 0.29) is 12.2 Å². The van der Waals surface area contributed by atoms with Crippen LogP contribution in [-0.2, 0) is 9.59 Å². The number of amides is 1. The van der Waals surface area contributed by atoms with E-state index in [1.165, 1.54) is 18.2 Å². The largest absolute Gasteiger partial charge is 0.508 e. The van der Waals surface area contributed by atoms with Gasteiger partial charge in [0.25, 0.3) is 0 Å². The second-order valence-electron chi connectivity index (χ2n) is 7.10. The van der Waals surface area contributed by atoms with E-state index in [9.17, 15) is 14.7 Å².